The Balaban J connectivity index is 1.45. The monoisotopic (exact) mass is 418 g/mol. The number of aromatic carboxylic acids is 1. The van der Waals surface area contributed by atoms with Crippen LogP contribution in [-0.2, 0) is 24.2 Å². The van der Waals surface area contributed by atoms with Gasteiger partial charge in [-0.25, -0.2) is 13.6 Å². The first-order chi connectivity index (χ1) is 14.2. The van der Waals surface area contributed by atoms with E-state index in [-0.39, 0.29) is 29.4 Å². The van der Waals surface area contributed by atoms with Crippen LogP contribution in [0.1, 0.15) is 32.9 Å². The van der Waals surface area contributed by atoms with Crippen molar-refractivity contribution < 1.29 is 23.5 Å². The molecule has 0 atom stereocenters. The van der Waals surface area contributed by atoms with Crippen LogP contribution in [0.25, 0.3) is 0 Å². The smallest absolute Gasteiger partial charge is 0.356 e. The Labute approximate surface area is 172 Å². The van der Waals surface area contributed by atoms with Gasteiger partial charge in [0.15, 0.2) is 5.69 Å². The standard InChI is InChI=1S/C21H24F2N4O3/c1-13-4-3-5-16(14(13)2)25-6-8-26(9-7-25)18(28)12-27-17-11-21(22,23)10-15(17)19(24-27)20(29)30/h3-5H,6-12H2,1-2H3,(H,29,30). The molecular weight excluding hydrogens is 394 g/mol. The fourth-order valence-corrected chi connectivity index (χ4v) is 4.29. The van der Waals surface area contributed by atoms with Crippen molar-refractivity contribution in [3.05, 3.63) is 46.3 Å². The topological polar surface area (TPSA) is 78.7 Å². The van der Waals surface area contributed by atoms with E-state index >= 15 is 0 Å². The number of alkyl halides is 2. The maximum Gasteiger partial charge on any atom is 0.356 e. The van der Waals surface area contributed by atoms with Crippen LogP contribution >= 0.6 is 0 Å². The maximum absolute atomic E-state index is 13.8. The summed E-state index contributed by atoms with van der Waals surface area (Å²) in [5, 5.41) is 13.2. The summed E-state index contributed by atoms with van der Waals surface area (Å²) in [4.78, 5) is 28.1. The maximum atomic E-state index is 13.8. The molecule has 0 unspecified atom stereocenters. The number of carbonyl (C=O) groups is 2. The minimum atomic E-state index is -3.00. The molecule has 1 fully saturated rings. The summed E-state index contributed by atoms with van der Waals surface area (Å²) in [7, 11) is 0. The third-order valence-electron chi connectivity index (χ3n) is 6.06. The van der Waals surface area contributed by atoms with Gasteiger partial charge in [0, 0.05) is 49.5 Å². The number of carboxylic acid groups (broad SMARTS) is 1. The van der Waals surface area contributed by atoms with Crippen LogP contribution < -0.4 is 4.90 Å². The van der Waals surface area contributed by atoms with Crippen molar-refractivity contribution in [2.75, 3.05) is 31.1 Å². The highest BCUT2D eigenvalue weighted by Gasteiger charge is 2.43. The van der Waals surface area contributed by atoms with Crippen LogP contribution in [-0.4, -0.2) is 63.8 Å². The van der Waals surface area contributed by atoms with E-state index in [1.165, 1.54) is 11.1 Å². The summed E-state index contributed by atoms with van der Waals surface area (Å²) < 4.78 is 28.8. The first-order valence-corrected chi connectivity index (χ1v) is 9.95. The van der Waals surface area contributed by atoms with Gasteiger partial charge in [0.1, 0.15) is 6.54 Å². The van der Waals surface area contributed by atoms with Gasteiger partial charge in [-0.05, 0) is 31.0 Å². The van der Waals surface area contributed by atoms with E-state index in [0.717, 1.165) is 10.4 Å². The highest BCUT2D eigenvalue weighted by atomic mass is 19.3. The third kappa shape index (κ3) is 3.64. The van der Waals surface area contributed by atoms with Crippen LogP contribution in [0.2, 0.25) is 0 Å². The molecule has 0 spiro atoms. The van der Waals surface area contributed by atoms with Crippen molar-refractivity contribution in [3.8, 4) is 0 Å². The van der Waals surface area contributed by atoms with E-state index in [4.69, 9.17) is 0 Å². The van der Waals surface area contributed by atoms with Gasteiger partial charge in [0.05, 0.1) is 6.42 Å². The van der Waals surface area contributed by atoms with Crippen molar-refractivity contribution in [1.82, 2.24) is 14.7 Å². The molecule has 1 saturated heterocycles. The van der Waals surface area contributed by atoms with Gasteiger partial charge in [0.25, 0.3) is 5.92 Å². The molecule has 9 heteroatoms. The fourth-order valence-electron chi connectivity index (χ4n) is 4.29. The Bertz CT molecular complexity index is 1010. The molecule has 7 nitrogen and oxygen atoms in total. The number of hydrogen-bond donors (Lipinski definition) is 1. The molecule has 2 heterocycles. The van der Waals surface area contributed by atoms with Gasteiger partial charge in [-0.1, -0.05) is 12.1 Å². The number of nitrogens with zero attached hydrogens (tertiary/aromatic N) is 4. The number of carbonyl (C=O) groups excluding carboxylic acids is 1. The summed E-state index contributed by atoms with van der Waals surface area (Å²) >= 11 is 0. The van der Waals surface area contributed by atoms with Gasteiger partial charge >= 0.3 is 5.97 Å². The van der Waals surface area contributed by atoms with Crippen LogP contribution in [0.3, 0.4) is 0 Å². The molecule has 1 amide bonds. The fraction of sp³-hybridized carbons (Fsp3) is 0.476. The zero-order valence-electron chi connectivity index (χ0n) is 17.0. The zero-order valence-corrected chi connectivity index (χ0v) is 17.0. The van der Waals surface area contributed by atoms with E-state index in [0.29, 0.717) is 26.2 Å². The first-order valence-electron chi connectivity index (χ1n) is 9.95. The van der Waals surface area contributed by atoms with E-state index in [1.54, 1.807) is 4.90 Å². The second-order valence-corrected chi connectivity index (χ2v) is 8.03. The molecule has 4 rings (SSSR count). The number of anilines is 1. The number of halogens is 2. The summed E-state index contributed by atoms with van der Waals surface area (Å²) in [5.74, 6) is -4.59. The van der Waals surface area contributed by atoms with Crippen molar-refractivity contribution in [2.45, 2.75) is 39.2 Å². The van der Waals surface area contributed by atoms with Gasteiger partial charge in [0.2, 0.25) is 5.91 Å². The van der Waals surface area contributed by atoms with Crippen LogP contribution in [0, 0.1) is 13.8 Å². The average molecular weight is 418 g/mol. The minimum absolute atomic E-state index is 0.0417. The molecule has 0 saturated carbocycles. The van der Waals surface area contributed by atoms with Gasteiger partial charge in [-0.3, -0.25) is 9.48 Å². The zero-order chi connectivity index (χ0) is 21.6. The summed E-state index contributed by atoms with van der Waals surface area (Å²) in [6, 6.07) is 6.15. The predicted octanol–water partition coefficient (Wildman–Crippen LogP) is 2.28. The number of benzene rings is 1. The quantitative estimate of drug-likeness (QED) is 0.824. The summed E-state index contributed by atoms with van der Waals surface area (Å²) in [6.45, 7) is 6.29. The van der Waals surface area contributed by atoms with E-state index in [9.17, 15) is 23.5 Å². The molecular formula is C21H24F2N4O3. The number of rotatable bonds is 4. The number of amides is 1. The first kappa shape index (κ1) is 20.3. The lowest BCUT2D eigenvalue weighted by atomic mass is 10.1. The Morgan fingerprint density at radius 3 is 2.50 bits per heavy atom. The highest BCUT2D eigenvalue weighted by molar-refractivity contribution is 5.88. The molecule has 2 aromatic rings. The van der Waals surface area contributed by atoms with Crippen molar-refractivity contribution in [3.63, 3.8) is 0 Å². The normalized spacial score (nSPS) is 17.9. The highest BCUT2D eigenvalue weighted by Crippen LogP contribution is 2.36. The van der Waals surface area contributed by atoms with Crippen LogP contribution in [0.4, 0.5) is 14.5 Å². The lowest BCUT2D eigenvalue weighted by Crippen LogP contribution is -2.50. The number of aryl methyl sites for hydroxylation is 1. The predicted molar refractivity (Wildman–Crippen MR) is 106 cm³/mol. The summed E-state index contributed by atoms with van der Waals surface area (Å²) in [6.07, 6.45) is -1.23. The Hall–Kier alpha value is -2.97. The Morgan fingerprint density at radius 1 is 1.13 bits per heavy atom. The second kappa shape index (κ2) is 7.37. The molecule has 1 aliphatic heterocycles. The molecule has 0 bridgehead atoms. The number of carboxylic acids is 1. The van der Waals surface area contributed by atoms with Crippen molar-refractivity contribution in [1.29, 1.82) is 0 Å². The lowest BCUT2D eigenvalue weighted by molar-refractivity contribution is -0.132. The molecule has 1 N–H and O–H groups in total. The average Bonchev–Trinajstić information content (AvgIpc) is 3.17. The lowest BCUT2D eigenvalue weighted by Gasteiger charge is -2.37. The second-order valence-electron chi connectivity index (χ2n) is 8.03. The van der Waals surface area contributed by atoms with E-state index in [1.807, 2.05) is 6.07 Å². The molecule has 1 aromatic carbocycles. The van der Waals surface area contributed by atoms with Crippen molar-refractivity contribution >= 4 is 17.6 Å². The molecule has 30 heavy (non-hydrogen) atoms. The molecule has 160 valence electrons. The Morgan fingerprint density at radius 2 is 1.83 bits per heavy atom. The number of aromatic nitrogens is 2. The molecule has 0 radical (unpaired) electrons. The van der Waals surface area contributed by atoms with Gasteiger partial charge in [-0.15, -0.1) is 0 Å². The van der Waals surface area contributed by atoms with Crippen LogP contribution in [0.5, 0.6) is 0 Å². The number of hydrogen-bond acceptors (Lipinski definition) is 4. The largest absolute Gasteiger partial charge is 0.476 e. The van der Waals surface area contributed by atoms with E-state index < -0.39 is 24.7 Å². The van der Waals surface area contributed by atoms with Crippen LogP contribution in [0.15, 0.2) is 18.2 Å². The number of fused-ring (bicyclic) bond motifs is 1. The Kier molecular flexibility index (Phi) is 4.99. The van der Waals surface area contributed by atoms with Gasteiger partial charge in [-0.2, -0.15) is 5.10 Å². The third-order valence-corrected chi connectivity index (χ3v) is 6.06. The van der Waals surface area contributed by atoms with E-state index in [2.05, 4.69) is 36.0 Å². The van der Waals surface area contributed by atoms with Crippen molar-refractivity contribution in [2.24, 2.45) is 0 Å². The molecule has 2 aliphatic rings. The number of piperazine rings is 1. The van der Waals surface area contributed by atoms with Gasteiger partial charge < -0.3 is 14.9 Å². The SMILES string of the molecule is Cc1cccc(N2CCN(C(=O)Cn3nc(C(=O)O)c4c3CC(F)(F)C4)CC2)c1C. The molecule has 1 aliphatic carbocycles. The minimum Gasteiger partial charge on any atom is -0.476 e. The molecule has 1 aromatic heterocycles. The summed E-state index contributed by atoms with van der Waals surface area (Å²) in [5.41, 5.74) is 3.39.